The third-order valence-corrected chi connectivity index (χ3v) is 4.33. The summed E-state index contributed by atoms with van der Waals surface area (Å²) in [6.07, 6.45) is 1.52. The Morgan fingerprint density at radius 1 is 1.42 bits per heavy atom. The largest absolute Gasteiger partial charge is 0.298 e. The molecule has 2 aromatic rings. The van der Waals surface area contributed by atoms with Gasteiger partial charge in [0.15, 0.2) is 5.13 Å². The molecule has 0 fully saturated rings. The van der Waals surface area contributed by atoms with Crippen molar-refractivity contribution in [3.8, 4) is 11.3 Å². The van der Waals surface area contributed by atoms with E-state index < -0.39 is 0 Å². The van der Waals surface area contributed by atoms with Crippen LogP contribution in [-0.4, -0.2) is 10.9 Å². The van der Waals surface area contributed by atoms with Crippen LogP contribution in [0.1, 0.15) is 13.8 Å². The van der Waals surface area contributed by atoms with Gasteiger partial charge in [-0.15, -0.1) is 22.7 Å². The molecule has 3 nitrogen and oxygen atoms in total. The highest BCUT2D eigenvalue weighted by Gasteiger charge is 2.12. The Hall–Kier alpha value is -0.880. The second kappa shape index (κ2) is 6.05. The summed E-state index contributed by atoms with van der Waals surface area (Å²) in [7, 11) is 0. The zero-order chi connectivity index (χ0) is 14.0. The molecule has 7 heteroatoms. The van der Waals surface area contributed by atoms with Crippen LogP contribution in [0, 0.1) is 0 Å². The van der Waals surface area contributed by atoms with Gasteiger partial charge in [0.1, 0.15) is 4.34 Å². The van der Waals surface area contributed by atoms with E-state index in [1.807, 2.05) is 19.2 Å². The van der Waals surface area contributed by atoms with Crippen molar-refractivity contribution < 1.29 is 4.79 Å². The van der Waals surface area contributed by atoms with Crippen LogP contribution >= 0.6 is 45.9 Å². The van der Waals surface area contributed by atoms with E-state index in [2.05, 4.69) is 10.3 Å². The van der Waals surface area contributed by atoms with Gasteiger partial charge in [0.25, 0.3) is 0 Å². The van der Waals surface area contributed by atoms with Crippen molar-refractivity contribution in [2.45, 2.75) is 13.8 Å². The van der Waals surface area contributed by atoms with Gasteiger partial charge >= 0.3 is 0 Å². The summed E-state index contributed by atoms with van der Waals surface area (Å²) >= 11 is 14.6. The number of hydrogen-bond donors (Lipinski definition) is 1. The van der Waals surface area contributed by atoms with Crippen LogP contribution in [0.2, 0.25) is 8.67 Å². The zero-order valence-corrected chi connectivity index (χ0v) is 13.3. The highest BCUT2D eigenvalue weighted by atomic mass is 35.5. The molecule has 0 aliphatic carbocycles. The van der Waals surface area contributed by atoms with Gasteiger partial charge in [-0.2, -0.15) is 0 Å². The SMILES string of the molecule is CC(C)=CC(=O)Nc1nc(-c2cc(Cl)sc2Cl)cs1. The van der Waals surface area contributed by atoms with Gasteiger partial charge in [0, 0.05) is 17.0 Å². The number of nitrogens with one attached hydrogen (secondary N) is 1. The van der Waals surface area contributed by atoms with Crippen molar-refractivity contribution in [1.82, 2.24) is 4.98 Å². The van der Waals surface area contributed by atoms with Crippen molar-refractivity contribution >= 4 is 56.9 Å². The van der Waals surface area contributed by atoms with Crippen LogP contribution in [0.15, 0.2) is 23.1 Å². The normalized spacial score (nSPS) is 10.3. The van der Waals surface area contributed by atoms with Gasteiger partial charge in [0.2, 0.25) is 5.91 Å². The average Bonchev–Trinajstić information content (AvgIpc) is 2.84. The topological polar surface area (TPSA) is 42.0 Å². The third-order valence-electron chi connectivity index (χ3n) is 2.09. The van der Waals surface area contributed by atoms with E-state index >= 15 is 0 Å². The monoisotopic (exact) mass is 332 g/mol. The Morgan fingerprint density at radius 2 is 2.16 bits per heavy atom. The molecule has 100 valence electrons. The summed E-state index contributed by atoms with van der Waals surface area (Å²) in [5.74, 6) is -0.185. The van der Waals surface area contributed by atoms with Gasteiger partial charge in [-0.3, -0.25) is 10.1 Å². The molecule has 0 spiro atoms. The number of hydrogen-bond acceptors (Lipinski definition) is 4. The van der Waals surface area contributed by atoms with Gasteiger partial charge in [-0.25, -0.2) is 4.98 Å². The maximum Gasteiger partial charge on any atom is 0.250 e. The number of nitrogens with zero attached hydrogens (tertiary/aromatic N) is 1. The molecular weight excluding hydrogens is 323 g/mol. The van der Waals surface area contributed by atoms with Crippen molar-refractivity contribution in [1.29, 1.82) is 0 Å². The summed E-state index contributed by atoms with van der Waals surface area (Å²) in [6.45, 7) is 3.72. The zero-order valence-electron chi connectivity index (χ0n) is 10.2. The van der Waals surface area contributed by atoms with Gasteiger partial charge in [0.05, 0.1) is 10.0 Å². The Bertz CT molecular complexity index is 642. The first-order valence-electron chi connectivity index (χ1n) is 5.32. The minimum atomic E-state index is -0.185. The van der Waals surface area contributed by atoms with Crippen molar-refractivity contribution in [2.24, 2.45) is 0 Å². The quantitative estimate of drug-likeness (QED) is 0.796. The fraction of sp³-hybridized carbons (Fsp3) is 0.167. The molecule has 0 aromatic carbocycles. The molecule has 2 rings (SSSR count). The number of halogens is 2. The van der Waals surface area contributed by atoms with Crippen molar-refractivity contribution in [2.75, 3.05) is 5.32 Å². The van der Waals surface area contributed by atoms with Crippen LogP contribution < -0.4 is 5.32 Å². The number of aromatic nitrogens is 1. The molecule has 0 radical (unpaired) electrons. The number of anilines is 1. The van der Waals surface area contributed by atoms with E-state index in [-0.39, 0.29) is 5.91 Å². The molecule has 19 heavy (non-hydrogen) atoms. The Balaban J connectivity index is 2.18. The molecule has 0 aliphatic heterocycles. The predicted octanol–water partition coefficient (Wildman–Crippen LogP) is 5.08. The smallest absolute Gasteiger partial charge is 0.250 e. The Morgan fingerprint density at radius 3 is 2.74 bits per heavy atom. The first kappa shape index (κ1) is 14.5. The third kappa shape index (κ3) is 3.79. The van der Waals surface area contributed by atoms with E-state index in [0.717, 1.165) is 11.1 Å². The molecule has 1 amide bonds. The molecule has 0 aliphatic rings. The maximum absolute atomic E-state index is 11.6. The Kier molecular flexibility index (Phi) is 4.62. The number of carbonyl (C=O) groups excluding carboxylic acids is 1. The molecule has 0 unspecified atom stereocenters. The first-order valence-corrected chi connectivity index (χ1v) is 7.77. The molecule has 1 N–H and O–H groups in total. The highest BCUT2D eigenvalue weighted by Crippen LogP contribution is 2.38. The van der Waals surface area contributed by atoms with Crippen molar-refractivity contribution in [3.05, 3.63) is 31.8 Å². The number of thiophene rings is 1. The summed E-state index contributed by atoms with van der Waals surface area (Å²) in [6, 6.07) is 1.77. The van der Waals surface area contributed by atoms with Crippen molar-refractivity contribution in [3.63, 3.8) is 0 Å². The second-order valence-corrected chi connectivity index (χ2v) is 7.13. The van der Waals surface area contributed by atoms with E-state index in [0.29, 0.717) is 19.5 Å². The summed E-state index contributed by atoms with van der Waals surface area (Å²) in [5.41, 5.74) is 2.43. The number of rotatable bonds is 3. The van der Waals surface area contributed by atoms with E-state index in [9.17, 15) is 4.79 Å². The lowest BCUT2D eigenvalue weighted by Gasteiger charge is -1.96. The predicted molar refractivity (Wildman–Crippen MR) is 83.5 cm³/mol. The minimum Gasteiger partial charge on any atom is -0.298 e. The lowest BCUT2D eigenvalue weighted by atomic mass is 10.3. The number of allylic oxidation sites excluding steroid dienone is 1. The van der Waals surface area contributed by atoms with Crippen LogP contribution in [0.3, 0.4) is 0 Å². The fourth-order valence-electron chi connectivity index (χ4n) is 1.37. The standard InChI is InChI=1S/C12H10Cl2N2OS2/c1-6(2)3-10(17)16-12-15-8(5-18-12)7-4-9(13)19-11(7)14/h3-5H,1-2H3,(H,15,16,17). The first-order chi connectivity index (χ1) is 8.95. The summed E-state index contributed by atoms with van der Waals surface area (Å²) < 4.78 is 1.21. The van der Waals surface area contributed by atoms with Crippen LogP contribution in [0.25, 0.3) is 11.3 Å². The fourth-order valence-corrected chi connectivity index (χ4v) is 3.57. The lowest BCUT2D eigenvalue weighted by Crippen LogP contribution is -2.07. The molecule has 0 bridgehead atoms. The maximum atomic E-state index is 11.6. The highest BCUT2D eigenvalue weighted by molar-refractivity contribution is 7.20. The molecule has 0 saturated carbocycles. The van der Waals surface area contributed by atoms with Crippen LogP contribution in [-0.2, 0) is 4.79 Å². The molecule has 0 saturated heterocycles. The van der Waals surface area contributed by atoms with E-state index in [1.54, 1.807) is 6.07 Å². The number of thiazole rings is 1. The van der Waals surface area contributed by atoms with Gasteiger partial charge in [-0.05, 0) is 19.9 Å². The summed E-state index contributed by atoms with van der Waals surface area (Å²) in [5, 5.41) is 5.08. The minimum absolute atomic E-state index is 0.185. The van der Waals surface area contributed by atoms with Crippen LogP contribution in [0.5, 0.6) is 0 Å². The number of amides is 1. The number of carbonyl (C=O) groups is 1. The summed E-state index contributed by atoms with van der Waals surface area (Å²) in [4.78, 5) is 15.9. The van der Waals surface area contributed by atoms with Gasteiger partial charge < -0.3 is 0 Å². The average molecular weight is 333 g/mol. The molecule has 2 aromatic heterocycles. The molecule has 0 atom stereocenters. The lowest BCUT2D eigenvalue weighted by molar-refractivity contribution is -0.111. The molecular formula is C12H10Cl2N2OS2. The second-order valence-electron chi connectivity index (χ2n) is 3.99. The Labute approximate surface area is 128 Å². The van der Waals surface area contributed by atoms with E-state index in [4.69, 9.17) is 23.2 Å². The van der Waals surface area contributed by atoms with E-state index in [1.165, 1.54) is 28.7 Å². The van der Waals surface area contributed by atoms with Gasteiger partial charge in [-0.1, -0.05) is 28.8 Å². The van der Waals surface area contributed by atoms with Crippen LogP contribution in [0.4, 0.5) is 5.13 Å². The molecule has 2 heterocycles.